The van der Waals surface area contributed by atoms with Crippen molar-refractivity contribution >= 4 is 5.91 Å². The first-order valence-corrected chi connectivity index (χ1v) is 6.36. The lowest BCUT2D eigenvalue weighted by atomic mass is 9.87. The Morgan fingerprint density at radius 3 is 2.59 bits per heavy atom. The van der Waals surface area contributed by atoms with E-state index in [0.29, 0.717) is 12.3 Å². The first-order valence-electron chi connectivity index (χ1n) is 6.36. The monoisotopic (exact) mass is 233 g/mol. The topological polar surface area (TPSA) is 29.1 Å². The van der Waals surface area contributed by atoms with Crippen LogP contribution in [0.5, 0.6) is 0 Å². The minimum absolute atomic E-state index is 0.128. The number of rotatable bonds is 5. The molecule has 0 aliphatic carbocycles. The van der Waals surface area contributed by atoms with Crippen molar-refractivity contribution in [1.29, 1.82) is 0 Å². The van der Waals surface area contributed by atoms with Crippen LogP contribution in [0.2, 0.25) is 0 Å². The molecule has 2 nitrogen and oxygen atoms in total. The molecule has 0 spiro atoms. The number of aryl methyl sites for hydroxylation is 2. The van der Waals surface area contributed by atoms with Gasteiger partial charge in [-0.3, -0.25) is 4.79 Å². The van der Waals surface area contributed by atoms with Crippen LogP contribution in [0, 0.1) is 13.8 Å². The van der Waals surface area contributed by atoms with Gasteiger partial charge in [-0.2, -0.15) is 0 Å². The van der Waals surface area contributed by atoms with Crippen molar-refractivity contribution in [2.75, 3.05) is 7.05 Å². The molecule has 94 valence electrons. The van der Waals surface area contributed by atoms with Gasteiger partial charge < -0.3 is 5.32 Å². The average Bonchev–Trinajstić information content (AvgIpc) is 2.28. The van der Waals surface area contributed by atoms with Gasteiger partial charge >= 0.3 is 0 Å². The van der Waals surface area contributed by atoms with Crippen molar-refractivity contribution in [1.82, 2.24) is 5.32 Å². The summed E-state index contributed by atoms with van der Waals surface area (Å²) in [7, 11) is 1.70. The predicted molar refractivity (Wildman–Crippen MR) is 72.2 cm³/mol. The Morgan fingerprint density at radius 1 is 1.35 bits per heavy atom. The fourth-order valence-electron chi connectivity index (χ4n) is 2.33. The van der Waals surface area contributed by atoms with E-state index >= 15 is 0 Å². The molecule has 1 amide bonds. The number of benzene rings is 1. The lowest BCUT2D eigenvalue weighted by molar-refractivity contribution is -0.121. The number of nitrogens with one attached hydrogen (secondary N) is 1. The molecule has 1 aromatic rings. The van der Waals surface area contributed by atoms with Crippen LogP contribution in [0.4, 0.5) is 0 Å². The van der Waals surface area contributed by atoms with Crippen molar-refractivity contribution in [2.24, 2.45) is 0 Å². The Balaban J connectivity index is 2.92. The van der Waals surface area contributed by atoms with Crippen LogP contribution >= 0.6 is 0 Å². The summed E-state index contributed by atoms with van der Waals surface area (Å²) in [5.41, 5.74) is 3.90. The zero-order valence-electron chi connectivity index (χ0n) is 11.3. The molecule has 0 fully saturated rings. The lowest BCUT2D eigenvalue weighted by Gasteiger charge is -2.18. The number of hydrogen-bond donors (Lipinski definition) is 1. The second kappa shape index (κ2) is 6.43. The third-order valence-electron chi connectivity index (χ3n) is 3.21. The Hall–Kier alpha value is -1.31. The smallest absolute Gasteiger partial charge is 0.220 e. The van der Waals surface area contributed by atoms with Crippen LogP contribution < -0.4 is 5.32 Å². The second-order valence-corrected chi connectivity index (χ2v) is 4.72. The van der Waals surface area contributed by atoms with Gasteiger partial charge in [0, 0.05) is 13.5 Å². The fourth-order valence-corrected chi connectivity index (χ4v) is 2.33. The standard InChI is InChI=1S/C15H23NO/c1-5-6-13(10-15(17)16-4)14-8-7-11(2)9-12(14)3/h7-9,13H,5-6,10H2,1-4H3,(H,16,17). The highest BCUT2D eigenvalue weighted by atomic mass is 16.1. The van der Waals surface area contributed by atoms with Crippen molar-refractivity contribution in [3.63, 3.8) is 0 Å². The van der Waals surface area contributed by atoms with E-state index in [1.165, 1.54) is 16.7 Å². The summed E-state index contributed by atoms with van der Waals surface area (Å²) in [5.74, 6) is 0.476. The summed E-state index contributed by atoms with van der Waals surface area (Å²) in [6, 6.07) is 6.50. The van der Waals surface area contributed by atoms with E-state index in [2.05, 4.69) is 44.3 Å². The third-order valence-corrected chi connectivity index (χ3v) is 3.21. The summed E-state index contributed by atoms with van der Waals surface area (Å²) in [6.45, 7) is 6.40. The molecule has 0 aliphatic rings. The minimum Gasteiger partial charge on any atom is -0.359 e. The van der Waals surface area contributed by atoms with E-state index in [9.17, 15) is 4.79 Å². The largest absolute Gasteiger partial charge is 0.359 e. The first kappa shape index (κ1) is 13.8. The van der Waals surface area contributed by atoms with Gasteiger partial charge in [0.2, 0.25) is 5.91 Å². The van der Waals surface area contributed by atoms with Gasteiger partial charge in [-0.05, 0) is 37.3 Å². The van der Waals surface area contributed by atoms with Crippen LogP contribution in [0.25, 0.3) is 0 Å². The van der Waals surface area contributed by atoms with Crippen LogP contribution in [0.15, 0.2) is 18.2 Å². The Bertz CT molecular complexity index is 385. The highest BCUT2D eigenvalue weighted by molar-refractivity contribution is 5.76. The minimum atomic E-state index is 0.128. The predicted octanol–water partition coefficient (Wildman–Crippen LogP) is 3.32. The van der Waals surface area contributed by atoms with Gasteiger partial charge in [0.05, 0.1) is 0 Å². The highest BCUT2D eigenvalue weighted by Crippen LogP contribution is 2.28. The lowest BCUT2D eigenvalue weighted by Crippen LogP contribution is -2.20. The van der Waals surface area contributed by atoms with E-state index < -0.39 is 0 Å². The molecular formula is C15H23NO. The molecule has 0 saturated heterocycles. The third kappa shape index (κ3) is 3.88. The Labute approximate surface area is 104 Å². The van der Waals surface area contributed by atoms with Crippen molar-refractivity contribution in [3.8, 4) is 0 Å². The summed E-state index contributed by atoms with van der Waals surface area (Å²) < 4.78 is 0. The molecule has 17 heavy (non-hydrogen) atoms. The molecular weight excluding hydrogens is 210 g/mol. The van der Waals surface area contributed by atoms with E-state index in [4.69, 9.17) is 0 Å². The molecule has 1 N–H and O–H groups in total. The molecule has 2 heteroatoms. The number of hydrogen-bond acceptors (Lipinski definition) is 1. The van der Waals surface area contributed by atoms with Gasteiger partial charge in [0.15, 0.2) is 0 Å². The Morgan fingerprint density at radius 2 is 2.06 bits per heavy atom. The molecule has 0 radical (unpaired) electrons. The van der Waals surface area contributed by atoms with E-state index in [-0.39, 0.29) is 5.91 Å². The SMILES string of the molecule is CCCC(CC(=O)NC)c1ccc(C)cc1C. The first-order chi connectivity index (χ1) is 8.08. The van der Waals surface area contributed by atoms with Crippen molar-refractivity contribution in [3.05, 3.63) is 34.9 Å². The van der Waals surface area contributed by atoms with E-state index in [1.807, 2.05) is 0 Å². The molecule has 1 rings (SSSR count). The van der Waals surface area contributed by atoms with E-state index in [1.54, 1.807) is 7.05 Å². The zero-order chi connectivity index (χ0) is 12.8. The van der Waals surface area contributed by atoms with Crippen LogP contribution in [-0.2, 0) is 4.79 Å². The molecule has 0 aliphatic heterocycles. The Kier molecular flexibility index (Phi) is 5.20. The molecule has 1 atom stereocenters. The van der Waals surface area contributed by atoms with Crippen LogP contribution in [-0.4, -0.2) is 13.0 Å². The average molecular weight is 233 g/mol. The molecule has 1 aromatic carbocycles. The maximum atomic E-state index is 11.5. The quantitative estimate of drug-likeness (QED) is 0.830. The summed E-state index contributed by atoms with van der Waals surface area (Å²) in [6.07, 6.45) is 2.76. The van der Waals surface area contributed by atoms with Crippen LogP contribution in [0.3, 0.4) is 0 Å². The van der Waals surface area contributed by atoms with E-state index in [0.717, 1.165) is 12.8 Å². The van der Waals surface area contributed by atoms with Gasteiger partial charge in [-0.1, -0.05) is 37.1 Å². The fraction of sp³-hybridized carbons (Fsp3) is 0.533. The molecule has 0 aromatic heterocycles. The van der Waals surface area contributed by atoms with Crippen molar-refractivity contribution in [2.45, 2.75) is 46.0 Å². The summed E-state index contributed by atoms with van der Waals surface area (Å²) in [4.78, 5) is 11.5. The number of amides is 1. The van der Waals surface area contributed by atoms with Gasteiger partial charge in [-0.25, -0.2) is 0 Å². The summed E-state index contributed by atoms with van der Waals surface area (Å²) in [5, 5.41) is 2.72. The summed E-state index contributed by atoms with van der Waals surface area (Å²) >= 11 is 0. The molecule has 0 bridgehead atoms. The van der Waals surface area contributed by atoms with Crippen LogP contribution in [0.1, 0.15) is 48.8 Å². The molecule has 1 unspecified atom stereocenters. The van der Waals surface area contributed by atoms with Gasteiger partial charge in [0.25, 0.3) is 0 Å². The zero-order valence-corrected chi connectivity index (χ0v) is 11.3. The molecule has 0 heterocycles. The highest BCUT2D eigenvalue weighted by Gasteiger charge is 2.16. The van der Waals surface area contributed by atoms with Crippen molar-refractivity contribution < 1.29 is 4.79 Å². The van der Waals surface area contributed by atoms with Gasteiger partial charge in [-0.15, -0.1) is 0 Å². The maximum absolute atomic E-state index is 11.5. The number of carbonyl (C=O) groups excluding carboxylic acids is 1. The number of carbonyl (C=O) groups is 1. The second-order valence-electron chi connectivity index (χ2n) is 4.72. The van der Waals surface area contributed by atoms with Gasteiger partial charge in [0.1, 0.15) is 0 Å². The maximum Gasteiger partial charge on any atom is 0.220 e. The molecule has 0 saturated carbocycles. The normalized spacial score (nSPS) is 12.2.